The number of carboxylic acid groups (broad SMARTS) is 1. The van der Waals surface area contributed by atoms with E-state index in [-0.39, 0.29) is 5.56 Å². The highest BCUT2D eigenvalue weighted by molar-refractivity contribution is 7.15. The van der Waals surface area contributed by atoms with Crippen LogP contribution in [0.2, 0.25) is 5.02 Å². The normalized spacial score (nSPS) is 11.0. The van der Waals surface area contributed by atoms with Crippen LogP contribution in [0.15, 0.2) is 36.4 Å². The summed E-state index contributed by atoms with van der Waals surface area (Å²) >= 11 is 7.62. The van der Waals surface area contributed by atoms with E-state index in [4.69, 9.17) is 11.6 Å². The van der Waals surface area contributed by atoms with Crippen LogP contribution in [0.3, 0.4) is 0 Å². The van der Waals surface area contributed by atoms with E-state index in [2.05, 4.69) is 11.9 Å². The SMILES string of the molecule is CCc1ccc(-c2cc(C(=O)O)c3ccc(Cl)cc3n2)s1. The fraction of sp³-hybridized carbons (Fsp3) is 0.125. The van der Waals surface area contributed by atoms with E-state index in [1.165, 1.54) is 4.88 Å². The van der Waals surface area contributed by atoms with Gasteiger partial charge in [-0.25, -0.2) is 9.78 Å². The summed E-state index contributed by atoms with van der Waals surface area (Å²) in [6, 6.07) is 10.7. The summed E-state index contributed by atoms with van der Waals surface area (Å²) < 4.78 is 0. The molecule has 3 aromatic rings. The molecule has 0 saturated carbocycles. The van der Waals surface area contributed by atoms with Gasteiger partial charge in [-0.1, -0.05) is 24.6 Å². The van der Waals surface area contributed by atoms with Crippen LogP contribution in [-0.4, -0.2) is 16.1 Å². The van der Waals surface area contributed by atoms with E-state index in [1.54, 1.807) is 35.6 Å². The van der Waals surface area contributed by atoms with Gasteiger partial charge in [0.05, 0.1) is 21.7 Å². The number of aryl methyl sites for hydroxylation is 1. The van der Waals surface area contributed by atoms with Gasteiger partial charge >= 0.3 is 5.97 Å². The van der Waals surface area contributed by atoms with Crippen molar-refractivity contribution in [2.75, 3.05) is 0 Å². The first kappa shape index (κ1) is 14.0. The number of thiophene rings is 1. The Balaban J connectivity index is 2.26. The fourth-order valence-corrected chi connectivity index (χ4v) is 3.28. The fourth-order valence-electron chi connectivity index (χ4n) is 2.21. The first-order valence-electron chi connectivity index (χ1n) is 6.51. The van der Waals surface area contributed by atoms with Crippen LogP contribution in [0.4, 0.5) is 0 Å². The molecule has 0 saturated heterocycles. The van der Waals surface area contributed by atoms with Gasteiger partial charge < -0.3 is 5.11 Å². The Labute approximate surface area is 130 Å². The third kappa shape index (κ3) is 2.64. The number of fused-ring (bicyclic) bond motifs is 1. The number of pyridine rings is 1. The molecule has 5 heteroatoms. The average Bonchev–Trinajstić information content (AvgIpc) is 2.94. The predicted molar refractivity (Wildman–Crippen MR) is 86.4 cm³/mol. The van der Waals surface area contributed by atoms with Crippen LogP contribution < -0.4 is 0 Å². The summed E-state index contributed by atoms with van der Waals surface area (Å²) in [6.45, 7) is 2.09. The first-order chi connectivity index (χ1) is 10.1. The van der Waals surface area contributed by atoms with E-state index in [9.17, 15) is 9.90 Å². The second-order valence-electron chi connectivity index (χ2n) is 4.64. The summed E-state index contributed by atoms with van der Waals surface area (Å²) in [5, 5.41) is 10.6. The summed E-state index contributed by atoms with van der Waals surface area (Å²) in [6.07, 6.45) is 0.954. The minimum atomic E-state index is -0.960. The first-order valence-corrected chi connectivity index (χ1v) is 7.70. The number of carbonyl (C=O) groups is 1. The molecule has 0 atom stereocenters. The molecule has 0 bridgehead atoms. The van der Waals surface area contributed by atoms with Gasteiger partial charge in [-0.3, -0.25) is 0 Å². The van der Waals surface area contributed by atoms with Crippen molar-refractivity contribution in [3.05, 3.63) is 51.9 Å². The van der Waals surface area contributed by atoms with Crippen molar-refractivity contribution in [1.82, 2.24) is 4.98 Å². The Hall–Kier alpha value is -1.91. The Morgan fingerprint density at radius 3 is 2.76 bits per heavy atom. The molecule has 2 aromatic heterocycles. The molecule has 2 heterocycles. The predicted octanol–water partition coefficient (Wildman–Crippen LogP) is 4.88. The number of rotatable bonds is 3. The van der Waals surface area contributed by atoms with Crippen LogP contribution >= 0.6 is 22.9 Å². The second kappa shape index (κ2) is 5.47. The molecule has 0 radical (unpaired) electrons. The van der Waals surface area contributed by atoms with E-state index >= 15 is 0 Å². The zero-order valence-corrected chi connectivity index (χ0v) is 12.8. The van der Waals surface area contributed by atoms with E-state index in [0.717, 1.165) is 11.3 Å². The summed E-state index contributed by atoms with van der Waals surface area (Å²) in [4.78, 5) is 18.3. The topological polar surface area (TPSA) is 50.2 Å². The lowest BCUT2D eigenvalue weighted by molar-refractivity contribution is 0.0699. The second-order valence-corrected chi connectivity index (χ2v) is 6.25. The zero-order valence-electron chi connectivity index (χ0n) is 11.3. The maximum absolute atomic E-state index is 11.5. The van der Waals surface area contributed by atoms with Crippen LogP contribution in [0, 0.1) is 0 Å². The maximum Gasteiger partial charge on any atom is 0.336 e. The lowest BCUT2D eigenvalue weighted by atomic mass is 10.1. The molecule has 1 N–H and O–H groups in total. The minimum Gasteiger partial charge on any atom is -0.478 e. The molecule has 0 fully saturated rings. The molecule has 0 unspecified atom stereocenters. The van der Waals surface area contributed by atoms with Crippen LogP contribution in [-0.2, 0) is 6.42 Å². The van der Waals surface area contributed by atoms with Gasteiger partial charge in [0, 0.05) is 15.3 Å². The molecule has 0 amide bonds. The largest absolute Gasteiger partial charge is 0.478 e. The molecule has 1 aromatic carbocycles. The highest BCUT2D eigenvalue weighted by Crippen LogP contribution is 2.31. The molecule has 3 nitrogen and oxygen atoms in total. The lowest BCUT2D eigenvalue weighted by Crippen LogP contribution is -1.99. The molecule has 0 aliphatic heterocycles. The van der Waals surface area contributed by atoms with E-state index in [0.29, 0.717) is 21.6 Å². The number of hydrogen-bond acceptors (Lipinski definition) is 3. The third-order valence-electron chi connectivity index (χ3n) is 3.26. The van der Waals surface area contributed by atoms with Crippen molar-refractivity contribution in [2.24, 2.45) is 0 Å². The van der Waals surface area contributed by atoms with Crippen LogP contribution in [0.1, 0.15) is 22.2 Å². The number of aromatic carboxylic acids is 1. The quantitative estimate of drug-likeness (QED) is 0.749. The van der Waals surface area contributed by atoms with Gasteiger partial charge in [-0.05, 0) is 36.8 Å². The Kier molecular flexibility index (Phi) is 3.66. The number of carboxylic acids is 1. The van der Waals surface area contributed by atoms with Crippen molar-refractivity contribution in [2.45, 2.75) is 13.3 Å². The Morgan fingerprint density at radius 2 is 2.10 bits per heavy atom. The monoisotopic (exact) mass is 317 g/mol. The number of benzene rings is 1. The maximum atomic E-state index is 11.5. The Bertz CT molecular complexity index is 841. The van der Waals surface area contributed by atoms with Gasteiger partial charge in [-0.15, -0.1) is 11.3 Å². The van der Waals surface area contributed by atoms with Gasteiger partial charge in [0.15, 0.2) is 0 Å². The smallest absolute Gasteiger partial charge is 0.336 e. The molecular weight excluding hydrogens is 306 g/mol. The molecule has 106 valence electrons. The minimum absolute atomic E-state index is 0.248. The van der Waals surface area contributed by atoms with Crippen molar-refractivity contribution in [1.29, 1.82) is 0 Å². The average molecular weight is 318 g/mol. The van der Waals surface area contributed by atoms with Crippen molar-refractivity contribution >= 4 is 39.8 Å². The summed E-state index contributed by atoms with van der Waals surface area (Å²) in [5.74, 6) is -0.960. The summed E-state index contributed by atoms with van der Waals surface area (Å²) in [5.41, 5.74) is 1.52. The van der Waals surface area contributed by atoms with Gasteiger partial charge in [0.1, 0.15) is 0 Å². The highest BCUT2D eigenvalue weighted by atomic mass is 35.5. The molecule has 0 aliphatic rings. The summed E-state index contributed by atoms with van der Waals surface area (Å²) in [7, 11) is 0. The van der Waals surface area contributed by atoms with Crippen molar-refractivity contribution in [3.63, 3.8) is 0 Å². The lowest BCUT2D eigenvalue weighted by Gasteiger charge is -2.06. The van der Waals surface area contributed by atoms with Gasteiger partial charge in [0.25, 0.3) is 0 Å². The van der Waals surface area contributed by atoms with Crippen LogP contribution in [0.25, 0.3) is 21.5 Å². The Morgan fingerprint density at radius 1 is 1.29 bits per heavy atom. The van der Waals surface area contributed by atoms with Gasteiger partial charge in [0.2, 0.25) is 0 Å². The van der Waals surface area contributed by atoms with Gasteiger partial charge in [-0.2, -0.15) is 0 Å². The van der Waals surface area contributed by atoms with E-state index < -0.39 is 5.97 Å². The molecule has 0 aliphatic carbocycles. The van der Waals surface area contributed by atoms with Crippen molar-refractivity contribution in [3.8, 4) is 10.6 Å². The molecule has 21 heavy (non-hydrogen) atoms. The van der Waals surface area contributed by atoms with Crippen molar-refractivity contribution < 1.29 is 9.90 Å². The number of nitrogens with zero attached hydrogens (tertiary/aromatic N) is 1. The molecular formula is C16H12ClNO2S. The highest BCUT2D eigenvalue weighted by Gasteiger charge is 2.14. The standard InChI is InChI=1S/C16H12ClNO2S/c1-2-10-4-6-15(21-10)14-8-12(16(19)20)11-5-3-9(17)7-13(11)18-14/h3-8H,2H2,1H3,(H,19,20). The molecule has 0 spiro atoms. The zero-order chi connectivity index (χ0) is 15.0. The van der Waals surface area contributed by atoms with Crippen LogP contribution in [0.5, 0.6) is 0 Å². The van der Waals surface area contributed by atoms with E-state index in [1.807, 2.05) is 12.1 Å². The number of aromatic nitrogens is 1. The number of halogens is 1. The number of hydrogen-bond donors (Lipinski definition) is 1. The molecule has 3 rings (SSSR count). The third-order valence-corrected chi connectivity index (χ3v) is 4.75.